The monoisotopic (exact) mass is 339 g/mol. The molecule has 0 unspecified atom stereocenters. The normalized spacial score (nSPS) is 10.1. The van der Waals surface area contributed by atoms with Crippen LogP contribution in [-0.2, 0) is 0 Å². The van der Waals surface area contributed by atoms with Crippen molar-refractivity contribution in [1.29, 1.82) is 0 Å². The highest BCUT2D eigenvalue weighted by Gasteiger charge is 2.16. The fraction of sp³-hybridized carbons (Fsp3) is 0. The number of carboxylic acid groups (broad SMARTS) is 1. The van der Waals surface area contributed by atoms with Gasteiger partial charge in [-0.05, 0) is 18.2 Å². The van der Waals surface area contributed by atoms with E-state index in [4.69, 9.17) is 5.11 Å². The largest absolute Gasteiger partial charge is 0.476 e. The van der Waals surface area contributed by atoms with Crippen molar-refractivity contribution in [3.05, 3.63) is 52.1 Å². The molecular formula is C12H7BrFN3O3. The lowest BCUT2D eigenvalue weighted by molar-refractivity contribution is 0.0691. The SMILES string of the molecule is O=C(Nc1nccnc1C(=O)O)c1cc(F)cc(Br)c1. The highest BCUT2D eigenvalue weighted by atomic mass is 79.9. The van der Waals surface area contributed by atoms with Gasteiger partial charge in [-0.15, -0.1) is 0 Å². The maximum absolute atomic E-state index is 13.2. The van der Waals surface area contributed by atoms with Crippen LogP contribution in [-0.4, -0.2) is 27.0 Å². The highest BCUT2D eigenvalue weighted by molar-refractivity contribution is 9.10. The Bertz CT molecular complexity index is 673. The third kappa shape index (κ3) is 3.15. The number of carbonyl (C=O) groups excluding carboxylic acids is 1. The molecule has 1 aromatic carbocycles. The quantitative estimate of drug-likeness (QED) is 0.895. The molecule has 0 saturated carbocycles. The number of benzene rings is 1. The van der Waals surface area contributed by atoms with Gasteiger partial charge in [0, 0.05) is 22.4 Å². The number of rotatable bonds is 3. The topological polar surface area (TPSA) is 92.2 Å². The zero-order chi connectivity index (χ0) is 14.7. The number of hydrogen-bond acceptors (Lipinski definition) is 4. The summed E-state index contributed by atoms with van der Waals surface area (Å²) in [4.78, 5) is 30.2. The van der Waals surface area contributed by atoms with Gasteiger partial charge < -0.3 is 10.4 Å². The van der Waals surface area contributed by atoms with Gasteiger partial charge in [0.25, 0.3) is 5.91 Å². The smallest absolute Gasteiger partial charge is 0.358 e. The molecule has 20 heavy (non-hydrogen) atoms. The van der Waals surface area contributed by atoms with E-state index >= 15 is 0 Å². The van der Waals surface area contributed by atoms with Crippen LogP contribution in [0.4, 0.5) is 10.2 Å². The third-order valence-electron chi connectivity index (χ3n) is 2.26. The van der Waals surface area contributed by atoms with Crippen LogP contribution < -0.4 is 5.32 Å². The van der Waals surface area contributed by atoms with Gasteiger partial charge in [0.05, 0.1) is 0 Å². The number of aromatic nitrogens is 2. The number of amides is 1. The minimum absolute atomic E-state index is 0.0267. The van der Waals surface area contributed by atoms with Crippen LogP contribution in [0.2, 0.25) is 0 Å². The summed E-state index contributed by atoms with van der Waals surface area (Å²) < 4.78 is 13.6. The van der Waals surface area contributed by atoms with Crippen LogP contribution in [0, 0.1) is 5.82 Å². The molecule has 6 nitrogen and oxygen atoms in total. The van der Waals surface area contributed by atoms with Crippen molar-refractivity contribution >= 4 is 33.6 Å². The first kappa shape index (κ1) is 14.1. The van der Waals surface area contributed by atoms with Crippen LogP contribution in [0.25, 0.3) is 0 Å². The molecule has 0 aliphatic carbocycles. The van der Waals surface area contributed by atoms with Crippen molar-refractivity contribution < 1.29 is 19.1 Å². The molecule has 1 heterocycles. The summed E-state index contributed by atoms with van der Waals surface area (Å²) in [5, 5.41) is 11.2. The second kappa shape index (κ2) is 5.74. The van der Waals surface area contributed by atoms with Crippen LogP contribution >= 0.6 is 15.9 Å². The number of carbonyl (C=O) groups is 2. The maximum atomic E-state index is 13.2. The lowest BCUT2D eigenvalue weighted by atomic mass is 10.2. The van der Waals surface area contributed by atoms with Crippen molar-refractivity contribution in [2.75, 3.05) is 5.32 Å². The van der Waals surface area contributed by atoms with Gasteiger partial charge in [-0.2, -0.15) is 0 Å². The van der Waals surface area contributed by atoms with Crippen LogP contribution in [0.5, 0.6) is 0 Å². The number of carboxylic acids is 1. The Morgan fingerprint density at radius 3 is 2.55 bits per heavy atom. The van der Waals surface area contributed by atoms with E-state index in [-0.39, 0.29) is 11.4 Å². The van der Waals surface area contributed by atoms with Gasteiger partial charge in [-0.3, -0.25) is 4.79 Å². The van der Waals surface area contributed by atoms with Gasteiger partial charge in [0.1, 0.15) is 5.82 Å². The van der Waals surface area contributed by atoms with E-state index in [9.17, 15) is 14.0 Å². The van der Waals surface area contributed by atoms with Gasteiger partial charge in [-0.1, -0.05) is 15.9 Å². The van der Waals surface area contributed by atoms with Gasteiger partial charge in [-0.25, -0.2) is 19.2 Å². The molecule has 102 valence electrons. The second-order valence-electron chi connectivity index (χ2n) is 3.67. The molecule has 8 heteroatoms. The average Bonchev–Trinajstić information content (AvgIpc) is 2.37. The first-order chi connectivity index (χ1) is 9.47. The Kier molecular flexibility index (Phi) is 4.04. The molecule has 0 saturated heterocycles. The molecule has 2 rings (SSSR count). The van der Waals surface area contributed by atoms with E-state index in [2.05, 4.69) is 31.2 Å². The molecule has 1 aromatic heterocycles. The molecule has 0 radical (unpaired) electrons. The fourth-order valence-electron chi connectivity index (χ4n) is 1.45. The van der Waals surface area contributed by atoms with E-state index in [1.807, 2.05) is 0 Å². The predicted molar refractivity (Wildman–Crippen MR) is 71.0 cm³/mol. The average molecular weight is 340 g/mol. The highest BCUT2D eigenvalue weighted by Crippen LogP contribution is 2.16. The first-order valence-electron chi connectivity index (χ1n) is 5.29. The zero-order valence-corrected chi connectivity index (χ0v) is 11.4. The summed E-state index contributed by atoms with van der Waals surface area (Å²) in [5.74, 6) is -2.81. The molecule has 0 aliphatic rings. The molecule has 0 bridgehead atoms. The number of nitrogens with zero attached hydrogens (tertiary/aromatic N) is 2. The summed E-state index contributed by atoms with van der Waals surface area (Å²) in [6, 6.07) is 3.62. The molecule has 0 atom stereocenters. The van der Waals surface area contributed by atoms with E-state index in [0.717, 1.165) is 6.07 Å². The Labute approximate surface area is 120 Å². The van der Waals surface area contributed by atoms with Crippen molar-refractivity contribution in [3.63, 3.8) is 0 Å². The molecule has 2 aromatic rings. The number of hydrogen-bond donors (Lipinski definition) is 2. The predicted octanol–water partition coefficient (Wildman–Crippen LogP) is 2.33. The molecule has 0 aliphatic heterocycles. The van der Waals surface area contributed by atoms with Gasteiger partial charge in [0.2, 0.25) is 0 Å². The molecule has 0 spiro atoms. The Hall–Kier alpha value is -2.35. The summed E-state index contributed by atoms with van der Waals surface area (Å²) in [6.45, 7) is 0. The zero-order valence-electron chi connectivity index (χ0n) is 9.80. The van der Waals surface area contributed by atoms with Crippen LogP contribution in [0.3, 0.4) is 0 Å². The lowest BCUT2D eigenvalue weighted by Gasteiger charge is -2.06. The Balaban J connectivity index is 2.30. The Morgan fingerprint density at radius 1 is 1.20 bits per heavy atom. The number of aromatic carboxylic acids is 1. The summed E-state index contributed by atoms with van der Waals surface area (Å²) in [5.41, 5.74) is -0.366. The minimum Gasteiger partial charge on any atom is -0.476 e. The summed E-state index contributed by atoms with van der Waals surface area (Å²) in [6.07, 6.45) is 2.43. The molecule has 2 N–H and O–H groups in total. The van der Waals surface area contributed by atoms with Crippen molar-refractivity contribution in [3.8, 4) is 0 Å². The van der Waals surface area contributed by atoms with Crippen molar-refractivity contribution in [1.82, 2.24) is 9.97 Å². The standard InChI is InChI=1S/C12H7BrFN3O3/c13-7-3-6(4-8(14)5-7)11(18)17-10-9(12(19)20)15-1-2-16-10/h1-5H,(H,19,20)(H,16,17,18). The summed E-state index contributed by atoms with van der Waals surface area (Å²) in [7, 11) is 0. The van der Waals surface area contributed by atoms with Crippen LogP contribution in [0.15, 0.2) is 35.1 Å². The number of halogens is 2. The minimum atomic E-state index is -1.33. The van der Waals surface area contributed by atoms with Crippen molar-refractivity contribution in [2.24, 2.45) is 0 Å². The third-order valence-corrected chi connectivity index (χ3v) is 2.72. The maximum Gasteiger partial charge on any atom is 0.358 e. The molecule has 1 amide bonds. The van der Waals surface area contributed by atoms with E-state index in [1.54, 1.807) is 0 Å². The van der Waals surface area contributed by atoms with E-state index < -0.39 is 23.4 Å². The van der Waals surface area contributed by atoms with Crippen molar-refractivity contribution in [2.45, 2.75) is 0 Å². The number of nitrogens with one attached hydrogen (secondary N) is 1. The van der Waals surface area contributed by atoms with Crippen LogP contribution in [0.1, 0.15) is 20.8 Å². The second-order valence-corrected chi connectivity index (χ2v) is 4.59. The summed E-state index contributed by atoms with van der Waals surface area (Å²) >= 11 is 3.06. The van der Waals surface area contributed by atoms with E-state index in [1.165, 1.54) is 24.5 Å². The Morgan fingerprint density at radius 2 is 1.90 bits per heavy atom. The van der Waals surface area contributed by atoms with E-state index in [0.29, 0.717) is 4.47 Å². The van der Waals surface area contributed by atoms with Gasteiger partial charge in [0.15, 0.2) is 11.5 Å². The number of anilines is 1. The lowest BCUT2D eigenvalue weighted by Crippen LogP contribution is -2.17. The molecule has 0 fully saturated rings. The molecular weight excluding hydrogens is 333 g/mol. The van der Waals surface area contributed by atoms with Gasteiger partial charge >= 0.3 is 5.97 Å². The first-order valence-corrected chi connectivity index (χ1v) is 6.08. The fourth-order valence-corrected chi connectivity index (χ4v) is 1.92.